The first-order chi connectivity index (χ1) is 8.63. The number of aliphatic hydroxyl groups excluding tert-OH is 1. The molecule has 18 heavy (non-hydrogen) atoms. The summed E-state index contributed by atoms with van der Waals surface area (Å²) in [6.07, 6.45) is 0.708. The van der Waals surface area contributed by atoms with Gasteiger partial charge in [-0.05, 0) is 36.1 Å². The molecule has 0 unspecified atom stereocenters. The maximum absolute atomic E-state index is 12.0. The van der Waals surface area contributed by atoms with Crippen LogP contribution in [0.3, 0.4) is 0 Å². The third-order valence-electron chi connectivity index (χ3n) is 2.81. The summed E-state index contributed by atoms with van der Waals surface area (Å²) in [5.41, 5.74) is 6.39. The van der Waals surface area contributed by atoms with Crippen LogP contribution in [0.1, 0.15) is 23.0 Å². The highest BCUT2D eigenvalue weighted by molar-refractivity contribution is 7.20. The maximum atomic E-state index is 12.0. The summed E-state index contributed by atoms with van der Waals surface area (Å²) in [5.74, 6) is -0.143. The Kier molecular flexibility index (Phi) is 3.84. The summed E-state index contributed by atoms with van der Waals surface area (Å²) in [4.78, 5) is 12.6. The van der Waals surface area contributed by atoms with Gasteiger partial charge in [-0.1, -0.05) is 6.92 Å². The van der Waals surface area contributed by atoms with E-state index < -0.39 is 0 Å². The quantitative estimate of drug-likeness (QED) is 0.739. The lowest BCUT2D eigenvalue weighted by atomic mass is 10.2. The summed E-state index contributed by atoms with van der Waals surface area (Å²) in [7, 11) is 0. The molecule has 1 atom stereocenters. The molecule has 1 aromatic carbocycles. The number of amides is 1. The number of benzene rings is 1. The summed E-state index contributed by atoms with van der Waals surface area (Å²) in [6, 6.07) is 7.23. The van der Waals surface area contributed by atoms with E-state index in [4.69, 9.17) is 10.8 Å². The second kappa shape index (κ2) is 5.37. The molecule has 0 spiro atoms. The van der Waals surface area contributed by atoms with Crippen molar-refractivity contribution in [2.75, 3.05) is 12.3 Å². The topological polar surface area (TPSA) is 75.3 Å². The van der Waals surface area contributed by atoms with Gasteiger partial charge in [-0.25, -0.2) is 0 Å². The molecule has 1 heterocycles. The van der Waals surface area contributed by atoms with E-state index in [1.54, 1.807) is 0 Å². The molecule has 0 aliphatic heterocycles. The Bertz CT molecular complexity index is 561. The van der Waals surface area contributed by atoms with Gasteiger partial charge in [-0.2, -0.15) is 0 Å². The van der Waals surface area contributed by atoms with Crippen molar-refractivity contribution in [1.29, 1.82) is 0 Å². The highest BCUT2D eigenvalue weighted by Gasteiger charge is 2.14. The van der Waals surface area contributed by atoms with Gasteiger partial charge in [-0.15, -0.1) is 11.3 Å². The zero-order valence-corrected chi connectivity index (χ0v) is 11.0. The van der Waals surface area contributed by atoms with Crippen molar-refractivity contribution in [3.8, 4) is 0 Å². The number of carbonyl (C=O) groups excluding carboxylic acids is 1. The van der Waals surface area contributed by atoms with Gasteiger partial charge >= 0.3 is 0 Å². The lowest BCUT2D eigenvalue weighted by Gasteiger charge is -2.12. The predicted octanol–water partition coefficient (Wildman–Crippen LogP) is 1.98. The smallest absolute Gasteiger partial charge is 0.261 e. The zero-order chi connectivity index (χ0) is 13.1. The molecule has 0 aliphatic carbocycles. The molecule has 1 amide bonds. The number of nitrogen functional groups attached to an aromatic ring is 1. The normalized spacial score (nSPS) is 12.6. The van der Waals surface area contributed by atoms with E-state index in [2.05, 4.69) is 5.32 Å². The van der Waals surface area contributed by atoms with Gasteiger partial charge < -0.3 is 16.2 Å². The van der Waals surface area contributed by atoms with Gasteiger partial charge in [0.2, 0.25) is 0 Å². The summed E-state index contributed by atoms with van der Waals surface area (Å²) >= 11 is 1.43. The molecule has 2 rings (SSSR count). The fourth-order valence-corrected chi connectivity index (χ4v) is 2.65. The first kappa shape index (κ1) is 12.9. The molecule has 0 saturated carbocycles. The Morgan fingerprint density at radius 1 is 1.50 bits per heavy atom. The zero-order valence-electron chi connectivity index (χ0n) is 10.1. The van der Waals surface area contributed by atoms with Gasteiger partial charge in [0, 0.05) is 10.4 Å². The Morgan fingerprint density at radius 2 is 2.28 bits per heavy atom. The standard InChI is InChI=1S/C13H16N2O2S/c1-2-10(7-16)15-13(17)12-6-8-5-9(14)3-4-11(8)18-12/h3-6,10,16H,2,7,14H2,1H3,(H,15,17)/t10-/m0/s1. The number of rotatable bonds is 4. The second-order valence-corrected chi connectivity index (χ2v) is 5.25. The molecular formula is C13H16N2O2S. The molecule has 0 radical (unpaired) electrons. The SMILES string of the molecule is CC[C@@H](CO)NC(=O)c1cc2cc(N)ccc2s1. The minimum absolute atomic E-state index is 0.0416. The number of thiophene rings is 1. The van der Waals surface area contributed by atoms with Crippen molar-refractivity contribution in [3.63, 3.8) is 0 Å². The molecule has 1 aromatic heterocycles. The molecule has 0 bridgehead atoms. The van der Waals surface area contributed by atoms with Crippen molar-refractivity contribution in [1.82, 2.24) is 5.32 Å². The van der Waals surface area contributed by atoms with Crippen LogP contribution in [0.4, 0.5) is 5.69 Å². The van der Waals surface area contributed by atoms with Gasteiger partial charge in [0.15, 0.2) is 0 Å². The van der Waals surface area contributed by atoms with Crippen LogP contribution in [0.25, 0.3) is 10.1 Å². The fourth-order valence-electron chi connectivity index (χ4n) is 1.71. The first-order valence-corrected chi connectivity index (χ1v) is 6.66. The van der Waals surface area contributed by atoms with Crippen molar-refractivity contribution < 1.29 is 9.90 Å². The molecule has 5 heteroatoms. The summed E-state index contributed by atoms with van der Waals surface area (Å²) in [5, 5.41) is 12.8. The van der Waals surface area contributed by atoms with E-state index in [9.17, 15) is 4.79 Å². The Hall–Kier alpha value is -1.59. The minimum Gasteiger partial charge on any atom is -0.399 e. The van der Waals surface area contributed by atoms with Gasteiger partial charge in [0.05, 0.1) is 17.5 Å². The number of anilines is 1. The molecule has 4 nitrogen and oxygen atoms in total. The summed E-state index contributed by atoms with van der Waals surface area (Å²) in [6.45, 7) is 1.88. The van der Waals surface area contributed by atoms with Crippen molar-refractivity contribution in [2.24, 2.45) is 0 Å². The number of aliphatic hydroxyl groups is 1. The van der Waals surface area contributed by atoms with Crippen molar-refractivity contribution in [2.45, 2.75) is 19.4 Å². The van der Waals surface area contributed by atoms with E-state index >= 15 is 0 Å². The van der Waals surface area contributed by atoms with E-state index in [0.717, 1.165) is 10.1 Å². The monoisotopic (exact) mass is 264 g/mol. The van der Waals surface area contributed by atoms with E-state index in [1.165, 1.54) is 11.3 Å². The second-order valence-electron chi connectivity index (χ2n) is 4.17. The van der Waals surface area contributed by atoms with Gasteiger partial charge in [0.1, 0.15) is 0 Å². The Balaban J connectivity index is 2.23. The maximum Gasteiger partial charge on any atom is 0.261 e. The van der Waals surface area contributed by atoms with Crippen LogP contribution in [0.2, 0.25) is 0 Å². The first-order valence-electron chi connectivity index (χ1n) is 5.84. The van der Waals surface area contributed by atoms with Crippen LogP contribution >= 0.6 is 11.3 Å². The number of fused-ring (bicyclic) bond motifs is 1. The predicted molar refractivity (Wildman–Crippen MR) is 74.9 cm³/mol. The molecule has 96 valence electrons. The summed E-state index contributed by atoms with van der Waals surface area (Å²) < 4.78 is 1.03. The van der Waals surface area contributed by atoms with Crippen LogP contribution in [0, 0.1) is 0 Å². The Labute approximate surface area is 109 Å². The number of hydrogen-bond donors (Lipinski definition) is 3. The molecule has 0 saturated heterocycles. The molecular weight excluding hydrogens is 248 g/mol. The number of nitrogens with one attached hydrogen (secondary N) is 1. The van der Waals surface area contributed by atoms with Crippen LogP contribution in [0.15, 0.2) is 24.3 Å². The Morgan fingerprint density at radius 3 is 2.94 bits per heavy atom. The number of hydrogen-bond acceptors (Lipinski definition) is 4. The van der Waals surface area contributed by atoms with Crippen LogP contribution in [-0.4, -0.2) is 23.7 Å². The van der Waals surface area contributed by atoms with E-state index in [0.29, 0.717) is 17.0 Å². The molecule has 4 N–H and O–H groups in total. The minimum atomic E-state index is -0.187. The highest BCUT2D eigenvalue weighted by atomic mass is 32.1. The lowest BCUT2D eigenvalue weighted by molar-refractivity contribution is 0.0919. The van der Waals surface area contributed by atoms with E-state index in [1.807, 2.05) is 31.2 Å². The third kappa shape index (κ3) is 2.63. The lowest BCUT2D eigenvalue weighted by Crippen LogP contribution is -2.36. The van der Waals surface area contributed by atoms with Crippen LogP contribution in [0.5, 0.6) is 0 Å². The van der Waals surface area contributed by atoms with Crippen molar-refractivity contribution in [3.05, 3.63) is 29.1 Å². The number of carbonyl (C=O) groups is 1. The van der Waals surface area contributed by atoms with E-state index in [-0.39, 0.29) is 18.6 Å². The van der Waals surface area contributed by atoms with Crippen LogP contribution in [-0.2, 0) is 0 Å². The largest absolute Gasteiger partial charge is 0.399 e. The van der Waals surface area contributed by atoms with Gasteiger partial charge in [-0.3, -0.25) is 4.79 Å². The third-order valence-corrected chi connectivity index (χ3v) is 3.93. The fraction of sp³-hybridized carbons (Fsp3) is 0.308. The molecule has 0 aliphatic rings. The average Bonchev–Trinajstić information content (AvgIpc) is 2.78. The van der Waals surface area contributed by atoms with Gasteiger partial charge in [0.25, 0.3) is 5.91 Å². The van der Waals surface area contributed by atoms with Crippen molar-refractivity contribution >= 4 is 33.0 Å². The number of nitrogens with two attached hydrogens (primary N) is 1. The molecule has 2 aromatic rings. The average molecular weight is 264 g/mol. The van der Waals surface area contributed by atoms with Crippen LogP contribution < -0.4 is 11.1 Å². The molecule has 0 fully saturated rings. The highest BCUT2D eigenvalue weighted by Crippen LogP contribution is 2.27.